The molecule has 0 spiro atoms. The Balaban J connectivity index is 3.21. The quantitative estimate of drug-likeness (QED) is 0.875. The summed E-state index contributed by atoms with van der Waals surface area (Å²) in [5.41, 5.74) is -1.17. The van der Waals surface area contributed by atoms with Gasteiger partial charge in [0.25, 0.3) is 0 Å². The molecule has 0 aliphatic carbocycles. The highest BCUT2D eigenvalue weighted by molar-refractivity contribution is 9.10. The maximum Gasteiger partial charge on any atom is 0.309 e. The summed E-state index contributed by atoms with van der Waals surface area (Å²) in [6.45, 7) is 3.30. The minimum absolute atomic E-state index is 0.353. The molecule has 0 aromatic heterocycles. The molecular weight excluding hydrogens is 303 g/mol. The molecule has 2 N–H and O–H groups in total. The molecule has 0 bridgehead atoms. The number of hydrogen-bond acceptors (Lipinski definition) is 2. The molecule has 0 aliphatic rings. The van der Waals surface area contributed by atoms with E-state index >= 15 is 0 Å². The number of aliphatic carboxylic acids is 1. The third-order valence-corrected chi connectivity index (χ3v) is 3.69. The average molecular weight is 319 g/mol. The van der Waals surface area contributed by atoms with Crippen molar-refractivity contribution in [3.8, 4) is 0 Å². The van der Waals surface area contributed by atoms with Gasteiger partial charge in [0, 0.05) is 4.47 Å². The Morgan fingerprint density at radius 1 is 1.56 bits per heavy atom. The van der Waals surface area contributed by atoms with Crippen LogP contribution in [0.15, 0.2) is 22.7 Å². The molecule has 0 amide bonds. The van der Waals surface area contributed by atoms with Crippen molar-refractivity contribution in [1.82, 2.24) is 0 Å². The van der Waals surface area contributed by atoms with E-state index in [9.17, 15) is 19.4 Å². The molecule has 0 saturated carbocycles. The van der Waals surface area contributed by atoms with E-state index in [2.05, 4.69) is 15.9 Å². The average Bonchev–Trinajstić information content (AvgIpc) is 2.24. The topological polar surface area (TPSA) is 57.5 Å². The fourth-order valence-corrected chi connectivity index (χ4v) is 2.77. The van der Waals surface area contributed by atoms with Crippen molar-refractivity contribution in [1.29, 1.82) is 0 Å². The first-order valence-electron chi connectivity index (χ1n) is 5.71. The van der Waals surface area contributed by atoms with Gasteiger partial charge >= 0.3 is 5.97 Å². The van der Waals surface area contributed by atoms with Crippen molar-refractivity contribution in [2.45, 2.75) is 32.3 Å². The third kappa shape index (κ3) is 3.09. The van der Waals surface area contributed by atoms with Gasteiger partial charge in [-0.15, -0.1) is 0 Å². The van der Waals surface area contributed by atoms with Gasteiger partial charge in [-0.05, 0) is 31.0 Å². The van der Waals surface area contributed by atoms with Crippen LogP contribution in [-0.2, 0) is 10.4 Å². The van der Waals surface area contributed by atoms with Crippen LogP contribution in [-0.4, -0.2) is 16.2 Å². The van der Waals surface area contributed by atoms with Crippen molar-refractivity contribution in [2.75, 3.05) is 0 Å². The fourth-order valence-electron chi connectivity index (χ4n) is 2.02. The molecule has 0 saturated heterocycles. The Morgan fingerprint density at radius 3 is 2.61 bits per heavy atom. The van der Waals surface area contributed by atoms with E-state index in [0.717, 1.165) is 0 Å². The van der Waals surface area contributed by atoms with E-state index in [1.54, 1.807) is 0 Å². The molecule has 0 aliphatic heterocycles. The first kappa shape index (κ1) is 15.1. The Kier molecular flexibility index (Phi) is 4.87. The second kappa shape index (κ2) is 5.80. The first-order valence-corrected chi connectivity index (χ1v) is 6.50. The van der Waals surface area contributed by atoms with Gasteiger partial charge in [0.1, 0.15) is 11.4 Å². The summed E-state index contributed by atoms with van der Waals surface area (Å²) in [4.78, 5) is 11.2. The molecule has 0 fully saturated rings. The van der Waals surface area contributed by atoms with Crippen LogP contribution in [0, 0.1) is 11.7 Å². The highest BCUT2D eigenvalue weighted by atomic mass is 79.9. The molecule has 3 nitrogen and oxygen atoms in total. The summed E-state index contributed by atoms with van der Waals surface area (Å²) >= 11 is 3.16. The molecule has 0 radical (unpaired) electrons. The molecule has 2 atom stereocenters. The van der Waals surface area contributed by atoms with Gasteiger partial charge in [-0.1, -0.05) is 35.3 Å². The second-order valence-corrected chi connectivity index (χ2v) is 5.31. The summed E-state index contributed by atoms with van der Waals surface area (Å²) in [6, 6.07) is 3.83. The molecule has 2 unspecified atom stereocenters. The Morgan fingerprint density at radius 2 is 2.17 bits per heavy atom. The van der Waals surface area contributed by atoms with Crippen molar-refractivity contribution in [3.05, 3.63) is 34.1 Å². The van der Waals surface area contributed by atoms with Crippen LogP contribution >= 0.6 is 15.9 Å². The largest absolute Gasteiger partial charge is 0.481 e. The molecule has 18 heavy (non-hydrogen) atoms. The number of halogens is 2. The number of carboxylic acids is 1. The Hall–Kier alpha value is -0.940. The normalized spacial score (nSPS) is 16.1. The molecule has 5 heteroatoms. The zero-order valence-corrected chi connectivity index (χ0v) is 11.9. The smallest absolute Gasteiger partial charge is 0.309 e. The molecular formula is C13H16BrFO3. The van der Waals surface area contributed by atoms with Gasteiger partial charge in [-0.3, -0.25) is 4.79 Å². The molecule has 100 valence electrons. The van der Waals surface area contributed by atoms with E-state index < -0.39 is 23.3 Å². The summed E-state index contributed by atoms with van der Waals surface area (Å²) in [7, 11) is 0. The van der Waals surface area contributed by atoms with Gasteiger partial charge in [0.2, 0.25) is 0 Å². The van der Waals surface area contributed by atoms with Crippen LogP contribution in [0.4, 0.5) is 4.39 Å². The highest BCUT2D eigenvalue weighted by Gasteiger charge is 2.39. The van der Waals surface area contributed by atoms with Crippen molar-refractivity contribution < 1.29 is 19.4 Å². The van der Waals surface area contributed by atoms with Gasteiger partial charge in [-0.25, -0.2) is 4.39 Å². The number of benzene rings is 1. The lowest BCUT2D eigenvalue weighted by Crippen LogP contribution is -2.37. The molecule has 1 aromatic carbocycles. The molecule has 0 heterocycles. The number of hydrogen-bond donors (Lipinski definition) is 2. The van der Waals surface area contributed by atoms with Crippen molar-refractivity contribution >= 4 is 21.9 Å². The Bertz CT molecular complexity index is 446. The number of aliphatic hydroxyl groups is 1. The van der Waals surface area contributed by atoms with Gasteiger partial charge < -0.3 is 10.2 Å². The molecule has 1 aromatic rings. The maximum absolute atomic E-state index is 13.0. The second-order valence-electron chi connectivity index (χ2n) is 4.45. The molecule has 1 rings (SSSR count). The number of carboxylic acid groups (broad SMARTS) is 1. The van der Waals surface area contributed by atoms with Crippen LogP contribution in [0.1, 0.15) is 32.3 Å². The van der Waals surface area contributed by atoms with E-state index in [1.165, 1.54) is 25.1 Å². The van der Waals surface area contributed by atoms with E-state index in [0.29, 0.717) is 22.9 Å². The number of carbonyl (C=O) groups is 1. The maximum atomic E-state index is 13.0. The highest BCUT2D eigenvalue weighted by Crippen LogP contribution is 2.37. The predicted molar refractivity (Wildman–Crippen MR) is 69.7 cm³/mol. The summed E-state index contributed by atoms with van der Waals surface area (Å²) in [5.74, 6) is -2.42. The van der Waals surface area contributed by atoms with Gasteiger partial charge in [0.15, 0.2) is 0 Å². The third-order valence-electron chi connectivity index (χ3n) is 3.03. The van der Waals surface area contributed by atoms with Gasteiger partial charge in [-0.2, -0.15) is 0 Å². The van der Waals surface area contributed by atoms with Crippen LogP contribution in [0.25, 0.3) is 0 Å². The predicted octanol–water partition coefficient (Wildman–Crippen LogP) is 3.30. The monoisotopic (exact) mass is 318 g/mol. The lowest BCUT2D eigenvalue weighted by atomic mass is 9.80. The zero-order valence-electron chi connectivity index (χ0n) is 10.3. The van der Waals surface area contributed by atoms with Crippen LogP contribution in [0.5, 0.6) is 0 Å². The van der Waals surface area contributed by atoms with Crippen LogP contribution in [0.2, 0.25) is 0 Å². The fraction of sp³-hybridized carbons (Fsp3) is 0.462. The minimum Gasteiger partial charge on any atom is -0.481 e. The van der Waals surface area contributed by atoms with E-state index in [4.69, 9.17) is 0 Å². The summed E-state index contributed by atoms with van der Waals surface area (Å²) < 4.78 is 13.4. The van der Waals surface area contributed by atoms with E-state index in [1.807, 2.05) is 6.92 Å². The SMILES string of the molecule is CCCC(C(=O)O)C(C)(O)c1ccc(F)cc1Br. The van der Waals surface area contributed by atoms with E-state index in [-0.39, 0.29) is 0 Å². The van der Waals surface area contributed by atoms with Crippen molar-refractivity contribution in [2.24, 2.45) is 5.92 Å². The minimum atomic E-state index is -1.55. The van der Waals surface area contributed by atoms with Crippen LogP contribution in [0.3, 0.4) is 0 Å². The summed E-state index contributed by atoms with van der Waals surface area (Å²) in [5, 5.41) is 19.7. The standard InChI is InChI=1S/C13H16BrFO3/c1-3-4-10(12(16)17)13(2,18)9-6-5-8(15)7-11(9)14/h5-7,10,18H,3-4H2,1-2H3,(H,16,17). The van der Waals surface area contributed by atoms with Crippen molar-refractivity contribution in [3.63, 3.8) is 0 Å². The van der Waals surface area contributed by atoms with Gasteiger partial charge in [0.05, 0.1) is 5.92 Å². The number of rotatable bonds is 5. The zero-order chi connectivity index (χ0) is 13.9. The first-order chi connectivity index (χ1) is 8.30. The lowest BCUT2D eigenvalue weighted by molar-refractivity contribution is -0.152. The summed E-state index contributed by atoms with van der Waals surface area (Å²) in [6.07, 6.45) is 0.998. The van der Waals surface area contributed by atoms with Crippen LogP contribution < -0.4 is 0 Å². The Labute approximate surface area is 114 Å². The lowest BCUT2D eigenvalue weighted by Gasteiger charge is -2.31.